The fourth-order valence-electron chi connectivity index (χ4n) is 1.76. The van der Waals surface area contributed by atoms with Gasteiger partial charge in [0.05, 0.1) is 17.6 Å². The van der Waals surface area contributed by atoms with Gasteiger partial charge in [0.1, 0.15) is 5.56 Å². The maximum atomic E-state index is 11.3. The van der Waals surface area contributed by atoms with Gasteiger partial charge in [0.25, 0.3) is 5.69 Å². The summed E-state index contributed by atoms with van der Waals surface area (Å²) in [5, 5.41) is 19.9. The molecule has 0 aliphatic carbocycles. The summed E-state index contributed by atoms with van der Waals surface area (Å²) in [6.07, 6.45) is 0. The van der Waals surface area contributed by atoms with Crippen molar-refractivity contribution in [2.24, 2.45) is 0 Å². The van der Waals surface area contributed by atoms with Crippen LogP contribution in [-0.2, 0) is 4.74 Å². The van der Waals surface area contributed by atoms with Crippen LogP contribution in [0.1, 0.15) is 20.7 Å². The molecule has 0 aliphatic heterocycles. The Kier molecular flexibility index (Phi) is 5.83. The molecule has 0 atom stereocenters. The van der Waals surface area contributed by atoms with E-state index >= 15 is 0 Å². The lowest BCUT2D eigenvalue weighted by molar-refractivity contribution is -0.385. The van der Waals surface area contributed by atoms with E-state index in [1.807, 2.05) is 0 Å². The minimum Gasteiger partial charge on any atom is -0.477 e. The fourth-order valence-corrected chi connectivity index (χ4v) is 3.70. The van der Waals surface area contributed by atoms with Crippen LogP contribution < -0.4 is 0 Å². The molecule has 2 aromatic rings. The zero-order valence-electron chi connectivity index (χ0n) is 12.3. The molecule has 0 amide bonds. The van der Waals surface area contributed by atoms with Crippen molar-refractivity contribution < 1.29 is 24.4 Å². The van der Waals surface area contributed by atoms with Gasteiger partial charge in [-0.25, -0.2) is 9.59 Å². The molecule has 0 bridgehead atoms. The van der Waals surface area contributed by atoms with Gasteiger partial charge in [0, 0.05) is 15.9 Å². The Morgan fingerprint density at radius 3 is 2.21 bits per heavy atom. The smallest absolute Gasteiger partial charge is 0.342 e. The largest absolute Gasteiger partial charge is 0.477 e. The number of benzene rings is 2. The molecule has 0 aliphatic rings. The number of carboxylic acid groups (broad SMARTS) is 1. The van der Waals surface area contributed by atoms with Crippen molar-refractivity contribution in [1.29, 1.82) is 0 Å². The first-order valence-corrected chi connectivity index (χ1v) is 8.62. The topological polar surface area (TPSA) is 107 Å². The lowest BCUT2D eigenvalue weighted by Gasteiger charge is -2.04. The normalized spacial score (nSPS) is 10.2. The number of hydrogen-bond acceptors (Lipinski definition) is 7. The van der Waals surface area contributed by atoms with Crippen LogP contribution in [0.15, 0.2) is 52.3 Å². The number of esters is 1. The van der Waals surface area contributed by atoms with E-state index in [-0.39, 0.29) is 5.56 Å². The predicted octanol–water partition coefficient (Wildman–Crippen LogP) is 3.88. The van der Waals surface area contributed by atoms with Gasteiger partial charge < -0.3 is 9.84 Å². The number of nitro benzene ring substituents is 1. The fraction of sp³-hybridized carbons (Fsp3) is 0.0667. The van der Waals surface area contributed by atoms with Gasteiger partial charge in [-0.3, -0.25) is 10.1 Å². The van der Waals surface area contributed by atoms with Gasteiger partial charge >= 0.3 is 11.9 Å². The van der Waals surface area contributed by atoms with Crippen LogP contribution in [-0.4, -0.2) is 29.1 Å². The summed E-state index contributed by atoms with van der Waals surface area (Å²) >= 11 is 0. The molecule has 0 saturated carbocycles. The third-order valence-electron chi connectivity index (χ3n) is 2.91. The molecule has 1 N–H and O–H groups in total. The number of carbonyl (C=O) groups excluding carboxylic acids is 1. The van der Waals surface area contributed by atoms with Crippen molar-refractivity contribution in [3.8, 4) is 0 Å². The zero-order chi connectivity index (χ0) is 17.7. The Bertz CT molecular complexity index is 791. The van der Waals surface area contributed by atoms with E-state index in [0.29, 0.717) is 10.5 Å². The average Bonchev–Trinajstić information content (AvgIpc) is 2.59. The molecule has 0 radical (unpaired) electrons. The monoisotopic (exact) mass is 365 g/mol. The summed E-state index contributed by atoms with van der Waals surface area (Å²) in [5.74, 6) is -1.77. The molecule has 0 saturated heterocycles. The van der Waals surface area contributed by atoms with Crippen molar-refractivity contribution in [2.75, 3.05) is 7.11 Å². The van der Waals surface area contributed by atoms with Crippen LogP contribution >= 0.6 is 21.6 Å². The number of ether oxygens (including phenoxy) is 1. The molecule has 0 fully saturated rings. The standard InChI is InChI=1S/C15H11NO6S2/c1-22-15(19)9-2-4-10(5-3-9)23-24-11-6-7-12(14(17)18)13(8-11)16(20)21/h2-8H,1H3,(H,17,18). The van der Waals surface area contributed by atoms with Crippen LogP contribution in [0.4, 0.5) is 5.69 Å². The van der Waals surface area contributed by atoms with E-state index in [9.17, 15) is 19.7 Å². The summed E-state index contributed by atoms with van der Waals surface area (Å²) in [5.41, 5.74) is -0.376. The van der Waals surface area contributed by atoms with E-state index in [2.05, 4.69) is 4.74 Å². The highest BCUT2D eigenvalue weighted by atomic mass is 33.1. The van der Waals surface area contributed by atoms with Crippen molar-refractivity contribution in [2.45, 2.75) is 9.79 Å². The SMILES string of the molecule is COC(=O)c1ccc(SSc2ccc(C(=O)O)c([N+](=O)[O-])c2)cc1. The lowest BCUT2D eigenvalue weighted by Crippen LogP contribution is -2.02. The van der Waals surface area contributed by atoms with Crippen LogP contribution in [0.5, 0.6) is 0 Å². The van der Waals surface area contributed by atoms with Crippen molar-refractivity contribution in [3.05, 3.63) is 63.7 Å². The van der Waals surface area contributed by atoms with Crippen LogP contribution in [0.25, 0.3) is 0 Å². The number of carboxylic acids is 1. The van der Waals surface area contributed by atoms with Crippen molar-refractivity contribution in [1.82, 2.24) is 0 Å². The van der Waals surface area contributed by atoms with Gasteiger partial charge in [-0.15, -0.1) is 0 Å². The van der Waals surface area contributed by atoms with E-state index in [1.54, 1.807) is 24.3 Å². The van der Waals surface area contributed by atoms with Crippen LogP contribution in [0.3, 0.4) is 0 Å². The molecule has 0 unspecified atom stereocenters. The Morgan fingerprint density at radius 2 is 1.67 bits per heavy atom. The molecule has 7 nitrogen and oxygen atoms in total. The highest BCUT2D eigenvalue weighted by Gasteiger charge is 2.20. The molecular formula is C15H11NO6S2. The Morgan fingerprint density at radius 1 is 1.08 bits per heavy atom. The molecule has 24 heavy (non-hydrogen) atoms. The first kappa shape index (κ1) is 17.8. The highest BCUT2D eigenvalue weighted by molar-refractivity contribution is 8.76. The van der Waals surface area contributed by atoms with E-state index in [1.165, 1.54) is 46.9 Å². The van der Waals surface area contributed by atoms with E-state index in [0.717, 1.165) is 4.90 Å². The van der Waals surface area contributed by atoms with Gasteiger partial charge in [-0.05, 0) is 36.4 Å². The van der Waals surface area contributed by atoms with Gasteiger partial charge in [0.2, 0.25) is 0 Å². The summed E-state index contributed by atoms with van der Waals surface area (Å²) in [7, 11) is 3.88. The number of methoxy groups -OCH3 is 1. The number of nitro groups is 1. The molecule has 124 valence electrons. The second kappa shape index (κ2) is 7.84. The number of aromatic carboxylic acids is 1. The van der Waals surface area contributed by atoms with Gasteiger partial charge in [0.15, 0.2) is 0 Å². The molecule has 0 spiro atoms. The van der Waals surface area contributed by atoms with Crippen molar-refractivity contribution in [3.63, 3.8) is 0 Å². The first-order valence-electron chi connectivity index (χ1n) is 6.47. The average molecular weight is 365 g/mol. The number of nitrogens with zero attached hydrogens (tertiary/aromatic N) is 1. The number of rotatable bonds is 6. The molecular weight excluding hydrogens is 354 g/mol. The molecule has 9 heteroatoms. The molecule has 0 aromatic heterocycles. The maximum absolute atomic E-state index is 11.3. The third kappa shape index (κ3) is 4.27. The van der Waals surface area contributed by atoms with Crippen LogP contribution in [0, 0.1) is 10.1 Å². The Labute approximate surface area is 144 Å². The van der Waals surface area contributed by atoms with E-state index in [4.69, 9.17) is 5.11 Å². The maximum Gasteiger partial charge on any atom is 0.342 e. The van der Waals surface area contributed by atoms with Crippen molar-refractivity contribution >= 4 is 39.2 Å². The zero-order valence-corrected chi connectivity index (χ0v) is 13.9. The Hall–Kier alpha value is -2.52. The lowest BCUT2D eigenvalue weighted by atomic mass is 10.2. The highest BCUT2D eigenvalue weighted by Crippen LogP contribution is 2.39. The molecule has 0 heterocycles. The quantitative estimate of drug-likeness (QED) is 0.356. The third-order valence-corrected chi connectivity index (χ3v) is 5.30. The first-order chi connectivity index (χ1) is 11.4. The summed E-state index contributed by atoms with van der Waals surface area (Å²) in [6.45, 7) is 0. The second-order valence-electron chi connectivity index (χ2n) is 4.42. The van der Waals surface area contributed by atoms with Gasteiger partial charge in [-0.1, -0.05) is 21.6 Å². The number of carbonyl (C=O) groups is 2. The summed E-state index contributed by atoms with van der Waals surface area (Å²) in [4.78, 5) is 33.9. The van der Waals surface area contributed by atoms with Crippen LogP contribution in [0.2, 0.25) is 0 Å². The minimum absolute atomic E-state index is 0.350. The van der Waals surface area contributed by atoms with Gasteiger partial charge in [-0.2, -0.15) is 0 Å². The second-order valence-corrected chi connectivity index (χ2v) is 6.70. The summed E-state index contributed by atoms with van der Waals surface area (Å²) < 4.78 is 4.61. The Balaban J connectivity index is 2.12. The molecule has 2 rings (SSSR count). The number of hydrogen-bond donors (Lipinski definition) is 1. The summed E-state index contributed by atoms with van der Waals surface area (Å²) in [6, 6.07) is 10.6. The van der Waals surface area contributed by atoms with E-state index < -0.39 is 22.5 Å². The minimum atomic E-state index is -1.34. The molecule has 2 aromatic carbocycles. The predicted molar refractivity (Wildman–Crippen MR) is 89.6 cm³/mol.